The van der Waals surface area contributed by atoms with Gasteiger partial charge in [-0.3, -0.25) is 4.79 Å². The lowest BCUT2D eigenvalue weighted by atomic mass is 10.2. The Kier molecular flexibility index (Phi) is 5.05. The zero-order valence-corrected chi connectivity index (χ0v) is 13.8. The van der Waals surface area contributed by atoms with Crippen molar-refractivity contribution in [3.8, 4) is 17.0 Å². The molecule has 7 heteroatoms. The van der Waals surface area contributed by atoms with Crippen LogP contribution >= 0.6 is 23.7 Å². The first kappa shape index (κ1) is 16.7. The van der Waals surface area contributed by atoms with Crippen LogP contribution in [0.3, 0.4) is 0 Å². The van der Waals surface area contributed by atoms with Gasteiger partial charge in [0, 0.05) is 10.9 Å². The van der Waals surface area contributed by atoms with E-state index in [-0.39, 0.29) is 18.3 Å². The number of nitrogens with zero attached hydrogens (tertiary/aromatic N) is 1. The Morgan fingerprint density at radius 3 is 2.68 bits per heavy atom. The van der Waals surface area contributed by atoms with Crippen LogP contribution in [-0.2, 0) is 4.79 Å². The molecule has 1 saturated carbocycles. The first-order valence-electron chi connectivity index (χ1n) is 6.90. The number of thiazole rings is 1. The number of anilines is 1. The van der Waals surface area contributed by atoms with Gasteiger partial charge in [0.05, 0.1) is 17.8 Å². The fourth-order valence-electron chi connectivity index (χ4n) is 1.94. The Morgan fingerprint density at radius 1 is 1.41 bits per heavy atom. The van der Waals surface area contributed by atoms with Crippen molar-refractivity contribution in [2.45, 2.75) is 25.3 Å². The summed E-state index contributed by atoms with van der Waals surface area (Å²) in [7, 11) is 0. The Bertz CT molecular complexity index is 653. The second kappa shape index (κ2) is 6.64. The summed E-state index contributed by atoms with van der Waals surface area (Å²) in [5, 5.41) is 5.29. The largest absolute Gasteiger partial charge is 0.494 e. The van der Waals surface area contributed by atoms with Crippen molar-refractivity contribution in [3.05, 3.63) is 29.6 Å². The van der Waals surface area contributed by atoms with Gasteiger partial charge >= 0.3 is 0 Å². The first-order valence-corrected chi connectivity index (χ1v) is 7.78. The molecule has 3 N–H and O–H groups in total. The summed E-state index contributed by atoms with van der Waals surface area (Å²) in [6.07, 6.45) is 1.49. The molecule has 2 aromatic rings. The number of nitrogens with two attached hydrogens (primary N) is 1. The van der Waals surface area contributed by atoms with Crippen LogP contribution < -0.4 is 15.8 Å². The van der Waals surface area contributed by atoms with Crippen LogP contribution in [0.5, 0.6) is 5.75 Å². The number of nitrogens with one attached hydrogen (secondary N) is 1. The lowest BCUT2D eigenvalue weighted by molar-refractivity contribution is -0.118. The molecule has 3 rings (SSSR count). The molecule has 5 nitrogen and oxygen atoms in total. The van der Waals surface area contributed by atoms with E-state index in [0.29, 0.717) is 11.7 Å². The summed E-state index contributed by atoms with van der Waals surface area (Å²) in [6.45, 7) is 2.60. The number of rotatable bonds is 5. The Hall–Kier alpha value is -1.63. The predicted molar refractivity (Wildman–Crippen MR) is 90.7 cm³/mol. The Balaban J connectivity index is 0.00000176. The summed E-state index contributed by atoms with van der Waals surface area (Å²) in [6, 6.07) is 7.74. The van der Waals surface area contributed by atoms with E-state index in [2.05, 4.69) is 10.3 Å². The third kappa shape index (κ3) is 3.58. The molecule has 1 aliphatic rings. The SMILES string of the molecule is CCOc1ccc(-c2csc(NC(=O)C3(N)CC3)n2)cc1.Cl. The van der Waals surface area contributed by atoms with Crippen molar-refractivity contribution in [1.29, 1.82) is 0 Å². The maximum atomic E-state index is 11.9. The van der Waals surface area contributed by atoms with Gasteiger partial charge in [0.1, 0.15) is 5.75 Å². The zero-order valence-electron chi connectivity index (χ0n) is 12.2. The van der Waals surface area contributed by atoms with Crippen molar-refractivity contribution in [1.82, 2.24) is 4.98 Å². The van der Waals surface area contributed by atoms with Gasteiger partial charge in [-0.25, -0.2) is 4.98 Å². The summed E-state index contributed by atoms with van der Waals surface area (Å²) >= 11 is 1.40. The molecule has 0 bridgehead atoms. The summed E-state index contributed by atoms with van der Waals surface area (Å²) in [5.41, 5.74) is 7.00. The number of carbonyl (C=O) groups is 1. The first-order chi connectivity index (χ1) is 10.1. The highest BCUT2D eigenvalue weighted by Gasteiger charge is 2.46. The number of benzene rings is 1. The van der Waals surface area contributed by atoms with E-state index < -0.39 is 5.54 Å². The molecule has 22 heavy (non-hydrogen) atoms. The minimum atomic E-state index is -0.676. The van der Waals surface area contributed by atoms with E-state index in [4.69, 9.17) is 10.5 Å². The number of aromatic nitrogens is 1. The molecule has 1 amide bonds. The van der Waals surface area contributed by atoms with Crippen LogP contribution in [-0.4, -0.2) is 23.0 Å². The fraction of sp³-hybridized carbons (Fsp3) is 0.333. The summed E-state index contributed by atoms with van der Waals surface area (Å²) < 4.78 is 5.41. The van der Waals surface area contributed by atoms with Crippen LogP contribution in [0.4, 0.5) is 5.13 Å². The lowest BCUT2D eigenvalue weighted by Gasteiger charge is -2.06. The van der Waals surface area contributed by atoms with E-state index in [0.717, 1.165) is 29.8 Å². The monoisotopic (exact) mass is 339 g/mol. The van der Waals surface area contributed by atoms with Gasteiger partial charge in [-0.15, -0.1) is 23.7 Å². The number of amides is 1. The highest BCUT2D eigenvalue weighted by Crippen LogP contribution is 2.34. The van der Waals surface area contributed by atoms with E-state index >= 15 is 0 Å². The van der Waals surface area contributed by atoms with Gasteiger partial charge < -0.3 is 15.8 Å². The minimum Gasteiger partial charge on any atom is -0.494 e. The molecule has 0 radical (unpaired) electrons. The zero-order chi connectivity index (χ0) is 14.9. The van der Waals surface area contributed by atoms with Crippen molar-refractivity contribution < 1.29 is 9.53 Å². The third-order valence-electron chi connectivity index (χ3n) is 3.43. The molecule has 0 saturated heterocycles. The topological polar surface area (TPSA) is 77.2 Å². The summed E-state index contributed by atoms with van der Waals surface area (Å²) in [4.78, 5) is 16.3. The van der Waals surface area contributed by atoms with Crippen LogP contribution in [0.15, 0.2) is 29.6 Å². The number of hydrogen-bond donors (Lipinski definition) is 2. The number of carbonyl (C=O) groups excluding carboxylic acids is 1. The predicted octanol–water partition coefficient (Wildman–Crippen LogP) is 3.06. The average Bonchev–Trinajstić information content (AvgIpc) is 3.07. The molecule has 118 valence electrons. The van der Waals surface area contributed by atoms with Gasteiger partial charge in [0.15, 0.2) is 5.13 Å². The van der Waals surface area contributed by atoms with E-state index in [1.54, 1.807) is 0 Å². The average molecular weight is 340 g/mol. The van der Waals surface area contributed by atoms with Gasteiger partial charge in [-0.05, 0) is 44.0 Å². The molecule has 1 fully saturated rings. The molecule has 0 atom stereocenters. The normalized spacial score (nSPS) is 14.8. The highest BCUT2D eigenvalue weighted by molar-refractivity contribution is 7.14. The maximum Gasteiger partial charge on any atom is 0.246 e. The van der Waals surface area contributed by atoms with Gasteiger partial charge in [-0.1, -0.05) is 0 Å². The van der Waals surface area contributed by atoms with Crippen LogP contribution in [0.1, 0.15) is 19.8 Å². The smallest absolute Gasteiger partial charge is 0.246 e. The van der Waals surface area contributed by atoms with E-state index in [1.807, 2.05) is 36.6 Å². The Morgan fingerprint density at radius 2 is 2.09 bits per heavy atom. The fourth-order valence-corrected chi connectivity index (χ4v) is 2.65. The summed E-state index contributed by atoms with van der Waals surface area (Å²) in [5.74, 6) is 0.693. The molecule has 1 aliphatic carbocycles. The molecular formula is C15H18ClN3O2S. The van der Waals surface area contributed by atoms with Crippen LogP contribution in [0.25, 0.3) is 11.3 Å². The van der Waals surface area contributed by atoms with E-state index in [9.17, 15) is 4.79 Å². The lowest BCUT2D eigenvalue weighted by Crippen LogP contribution is -2.37. The molecule has 1 heterocycles. The molecular weight excluding hydrogens is 322 g/mol. The maximum absolute atomic E-state index is 11.9. The second-order valence-electron chi connectivity index (χ2n) is 5.11. The number of ether oxygens (including phenoxy) is 1. The third-order valence-corrected chi connectivity index (χ3v) is 4.18. The van der Waals surface area contributed by atoms with Gasteiger partial charge in [0.25, 0.3) is 0 Å². The van der Waals surface area contributed by atoms with Gasteiger partial charge in [0.2, 0.25) is 5.91 Å². The molecule has 1 aromatic heterocycles. The number of halogens is 1. The van der Waals surface area contributed by atoms with Crippen molar-refractivity contribution in [2.24, 2.45) is 5.73 Å². The highest BCUT2D eigenvalue weighted by atomic mass is 35.5. The molecule has 0 spiro atoms. The second-order valence-corrected chi connectivity index (χ2v) is 5.96. The van der Waals surface area contributed by atoms with Crippen LogP contribution in [0.2, 0.25) is 0 Å². The van der Waals surface area contributed by atoms with E-state index in [1.165, 1.54) is 11.3 Å². The molecule has 0 aliphatic heterocycles. The molecule has 1 aromatic carbocycles. The van der Waals surface area contributed by atoms with Crippen LogP contribution in [0, 0.1) is 0 Å². The number of hydrogen-bond acceptors (Lipinski definition) is 5. The minimum absolute atomic E-state index is 0. The molecule has 0 unspecified atom stereocenters. The van der Waals surface area contributed by atoms with Crippen molar-refractivity contribution in [3.63, 3.8) is 0 Å². The standard InChI is InChI=1S/C15H17N3O2S.ClH/c1-2-20-11-5-3-10(4-6-11)12-9-21-14(17-12)18-13(19)15(16)7-8-15;/h3-6,9H,2,7-8,16H2,1H3,(H,17,18,19);1H. The van der Waals surface area contributed by atoms with Crippen molar-refractivity contribution >= 4 is 34.8 Å². The quantitative estimate of drug-likeness (QED) is 0.877. The van der Waals surface area contributed by atoms with Crippen molar-refractivity contribution in [2.75, 3.05) is 11.9 Å². The Labute approximate surface area is 139 Å². The van der Waals surface area contributed by atoms with Gasteiger partial charge in [-0.2, -0.15) is 0 Å².